The van der Waals surface area contributed by atoms with Crippen LogP contribution in [0.5, 0.6) is 0 Å². The standard InChI is InChI=1S/C43H66N4O10/c1-10-31-20-25(2)19-26(3)21-36(54-8)39-37(55-9)23-29(6)43(52,57-39)40(49)41(50)47-18-12-11-13-33(47)42(51)56-38(27(4)14-17-34(31)48)28(5)22-30-15-16-32(45-46-44)35(24-30)53-7/h14,17,20,22,26-27,29-33,35-39,52H,10-13,15-16,18-19,21,23-24H2,1-9H3. The van der Waals surface area contributed by atoms with E-state index in [2.05, 4.69) is 23.0 Å². The number of methoxy groups -OCH3 is 3. The number of aliphatic hydroxyl groups is 1. The van der Waals surface area contributed by atoms with Crippen molar-refractivity contribution in [2.24, 2.45) is 34.7 Å². The van der Waals surface area contributed by atoms with Gasteiger partial charge in [0, 0.05) is 50.5 Å². The maximum absolute atomic E-state index is 14.3. The van der Waals surface area contributed by atoms with E-state index in [9.17, 15) is 24.3 Å². The number of allylic oxidation sites excluding steroid dienone is 4. The minimum atomic E-state index is -2.48. The quantitative estimate of drug-likeness (QED) is 0.0735. The first-order valence-corrected chi connectivity index (χ1v) is 20.8. The SMILES string of the molecule is CCC1C=C(C)CC(C)CC(OC)C2OC(O)(C(=O)C(=O)N3CCCCC3C(=O)OC(C(C)=CC3CCC(N=[N+]=[N-])C(OC)C3)C(C)C=CC1=O)C(C)CC2OC. The van der Waals surface area contributed by atoms with E-state index in [1.165, 1.54) is 4.90 Å². The van der Waals surface area contributed by atoms with Gasteiger partial charge in [0.1, 0.15) is 18.2 Å². The number of carbonyl (C=O) groups is 4. The highest BCUT2D eigenvalue weighted by Gasteiger charge is 2.56. The normalized spacial score (nSPS) is 38.3. The molecule has 318 valence electrons. The number of ketones is 2. The van der Waals surface area contributed by atoms with Crippen molar-refractivity contribution < 1.29 is 48.0 Å². The highest BCUT2D eigenvalue weighted by Crippen LogP contribution is 2.39. The Labute approximate surface area is 338 Å². The van der Waals surface area contributed by atoms with E-state index < -0.39 is 65.7 Å². The number of rotatable bonds is 7. The van der Waals surface area contributed by atoms with Gasteiger partial charge in [0.15, 0.2) is 5.78 Å². The van der Waals surface area contributed by atoms with E-state index >= 15 is 0 Å². The van der Waals surface area contributed by atoms with Gasteiger partial charge < -0.3 is 33.7 Å². The van der Waals surface area contributed by atoms with Crippen LogP contribution >= 0.6 is 0 Å². The molecule has 14 nitrogen and oxygen atoms in total. The molecule has 0 aromatic carbocycles. The van der Waals surface area contributed by atoms with Crippen LogP contribution in [0.4, 0.5) is 0 Å². The fourth-order valence-corrected chi connectivity index (χ4v) is 9.28. The number of cyclic esters (lactones) is 1. The summed E-state index contributed by atoms with van der Waals surface area (Å²) < 4.78 is 30.0. The molecule has 13 atom stereocenters. The minimum Gasteiger partial charge on any atom is -0.456 e. The zero-order valence-electron chi connectivity index (χ0n) is 35.4. The van der Waals surface area contributed by atoms with Crippen molar-refractivity contribution in [2.75, 3.05) is 27.9 Å². The van der Waals surface area contributed by atoms with Crippen molar-refractivity contribution in [1.29, 1.82) is 0 Å². The van der Waals surface area contributed by atoms with Crippen LogP contribution in [0.15, 0.2) is 40.6 Å². The lowest BCUT2D eigenvalue weighted by atomic mass is 9.82. The molecule has 2 bridgehead atoms. The molecule has 1 saturated carbocycles. The molecule has 14 heteroatoms. The first-order chi connectivity index (χ1) is 27.1. The molecule has 1 amide bonds. The number of hydrogen-bond acceptors (Lipinski definition) is 11. The lowest BCUT2D eigenvalue weighted by Crippen LogP contribution is -2.64. The average molecular weight is 799 g/mol. The third-order valence-corrected chi connectivity index (χ3v) is 12.6. The summed E-state index contributed by atoms with van der Waals surface area (Å²) in [7, 11) is 4.68. The summed E-state index contributed by atoms with van der Waals surface area (Å²) >= 11 is 0. The summed E-state index contributed by atoms with van der Waals surface area (Å²) in [6.45, 7) is 11.6. The Balaban J connectivity index is 1.76. The average Bonchev–Trinajstić information content (AvgIpc) is 3.20. The van der Waals surface area contributed by atoms with Gasteiger partial charge in [0.05, 0.1) is 24.4 Å². The van der Waals surface area contributed by atoms with Gasteiger partial charge in [-0.05, 0) is 107 Å². The fourth-order valence-electron chi connectivity index (χ4n) is 9.28. The van der Waals surface area contributed by atoms with E-state index in [-0.39, 0.29) is 55.1 Å². The van der Waals surface area contributed by atoms with Crippen LogP contribution in [0, 0.1) is 29.6 Å². The molecule has 3 heterocycles. The van der Waals surface area contributed by atoms with Crippen molar-refractivity contribution >= 4 is 23.4 Å². The van der Waals surface area contributed by atoms with Crippen molar-refractivity contribution in [2.45, 2.75) is 154 Å². The predicted molar refractivity (Wildman–Crippen MR) is 214 cm³/mol. The number of fused-ring (bicyclic) bond motifs is 3. The molecule has 57 heavy (non-hydrogen) atoms. The minimum absolute atomic E-state index is 0.0459. The molecule has 2 saturated heterocycles. The van der Waals surface area contributed by atoms with Crippen LogP contribution in [0.2, 0.25) is 0 Å². The third kappa shape index (κ3) is 11.2. The van der Waals surface area contributed by atoms with Crippen LogP contribution in [0.3, 0.4) is 0 Å². The Morgan fingerprint density at radius 3 is 2.35 bits per heavy atom. The van der Waals surface area contributed by atoms with Crippen LogP contribution in [-0.4, -0.2) is 110 Å². The van der Waals surface area contributed by atoms with Crippen molar-refractivity contribution in [3.05, 3.63) is 45.9 Å². The summed E-state index contributed by atoms with van der Waals surface area (Å²) in [5.74, 6) is -6.85. The lowest BCUT2D eigenvalue weighted by Gasteiger charge is -2.47. The second-order valence-corrected chi connectivity index (χ2v) is 16.9. The first kappa shape index (κ1) is 46.3. The Morgan fingerprint density at radius 2 is 1.70 bits per heavy atom. The second kappa shape index (κ2) is 21.0. The maximum Gasteiger partial charge on any atom is 0.329 e. The molecule has 0 spiro atoms. The molecule has 0 aromatic heterocycles. The zero-order valence-corrected chi connectivity index (χ0v) is 35.4. The first-order valence-electron chi connectivity index (χ1n) is 20.8. The molecule has 0 radical (unpaired) electrons. The topological polar surface area (TPSA) is 187 Å². The Kier molecular flexibility index (Phi) is 17.1. The monoisotopic (exact) mass is 798 g/mol. The van der Waals surface area contributed by atoms with Crippen LogP contribution in [-0.2, 0) is 42.9 Å². The summed E-state index contributed by atoms with van der Waals surface area (Å²) in [6.07, 6.45) is 9.80. The number of ether oxygens (including phenoxy) is 5. The van der Waals surface area contributed by atoms with Gasteiger partial charge in [-0.25, -0.2) is 4.79 Å². The lowest BCUT2D eigenvalue weighted by molar-refractivity contribution is -0.302. The maximum atomic E-state index is 14.3. The molecule has 3 aliphatic heterocycles. The summed E-state index contributed by atoms with van der Waals surface area (Å²) in [5, 5.41) is 15.9. The largest absolute Gasteiger partial charge is 0.456 e. The smallest absolute Gasteiger partial charge is 0.329 e. The molecule has 0 aromatic rings. The van der Waals surface area contributed by atoms with Gasteiger partial charge in [-0.2, -0.15) is 0 Å². The number of carbonyl (C=O) groups excluding carboxylic acids is 4. The number of nitrogens with zero attached hydrogens (tertiary/aromatic N) is 4. The van der Waals surface area contributed by atoms with E-state index in [1.807, 2.05) is 33.8 Å². The second-order valence-electron chi connectivity index (χ2n) is 16.9. The van der Waals surface area contributed by atoms with Gasteiger partial charge >= 0.3 is 5.97 Å². The molecule has 4 rings (SSSR count). The van der Waals surface area contributed by atoms with Crippen molar-refractivity contribution in [3.8, 4) is 0 Å². The summed E-state index contributed by atoms with van der Waals surface area (Å²) in [6, 6.07) is -1.35. The van der Waals surface area contributed by atoms with Crippen LogP contribution in [0.25, 0.3) is 10.4 Å². The van der Waals surface area contributed by atoms with E-state index in [4.69, 9.17) is 29.2 Å². The number of piperidine rings is 1. The van der Waals surface area contributed by atoms with E-state index in [0.29, 0.717) is 44.9 Å². The highest BCUT2D eigenvalue weighted by molar-refractivity contribution is 6.39. The molecule has 1 aliphatic carbocycles. The summed E-state index contributed by atoms with van der Waals surface area (Å²) in [4.78, 5) is 60.6. The molecular formula is C43H66N4O10. The van der Waals surface area contributed by atoms with Crippen molar-refractivity contribution in [1.82, 2.24) is 4.90 Å². The number of esters is 1. The van der Waals surface area contributed by atoms with Gasteiger partial charge in [-0.3, -0.25) is 14.4 Å². The summed E-state index contributed by atoms with van der Waals surface area (Å²) in [5.41, 5.74) is 10.8. The van der Waals surface area contributed by atoms with E-state index in [0.717, 1.165) is 17.6 Å². The van der Waals surface area contributed by atoms with Crippen LogP contribution in [0.1, 0.15) is 106 Å². The molecule has 4 aliphatic rings. The Morgan fingerprint density at radius 1 is 1.02 bits per heavy atom. The number of Topliss-reactive ketones (excluding diaryl/α,β-unsaturated/α-hetero) is 1. The van der Waals surface area contributed by atoms with Gasteiger partial charge in [0.25, 0.3) is 11.7 Å². The Bertz CT molecular complexity index is 1570. The number of amides is 1. The molecule has 1 N–H and O–H groups in total. The van der Waals surface area contributed by atoms with Gasteiger partial charge in [0.2, 0.25) is 5.79 Å². The third-order valence-electron chi connectivity index (χ3n) is 12.6. The predicted octanol–water partition coefficient (Wildman–Crippen LogP) is 6.60. The van der Waals surface area contributed by atoms with E-state index in [1.54, 1.807) is 40.4 Å². The highest BCUT2D eigenvalue weighted by atomic mass is 16.7. The fraction of sp³-hybridized carbons (Fsp3) is 0.767. The van der Waals surface area contributed by atoms with Gasteiger partial charge in [-0.1, -0.05) is 56.6 Å². The van der Waals surface area contributed by atoms with Crippen LogP contribution < -0.4 is 0 Å². The molecule has 3 fully saturated rings. The Hall–Kier alpha value is -3.39. The van der Waals surface area contributed by atoms with Gasteiger partial charge in [-0.15, -0.1) is 0 Å². The number of hydrogen-bond donors (Lipinski definition) is 1. The number of azide groups is 1. The molecular weight excluding hydrogens is 732 g/mol. The molecule has 13 unspecified atom stereocenters. The van der Waals surface area contributed by atoms with Crippen molar-refractivity contribution in [3.63, 3.8) is 0 Å². The zero-order chi connectivity index (χ0) is 42.0.